The molecule has 0 bridgehead atoms. The van der Waals surface area contributed by atoms with Crippen molar-refractivity contribution in [1.29, 1.82) is 0 Å². The number of rotatable bonds is 5. The third-order valence-electron chi connectivity index (χ3n) is 2.63. The van der Waals surface area contributed by atoms with Gasteiger partial charge >= 0.3 is 0 Å². The minimum atomic E-state index is -0.373. The Morgan fingerprint density at radius 2 is 1.74 bits per heavy atom. The number of carbonyl (C=O) groups is 1. The van der Waals surface area contributed by atoms with Crippen LogP contribution in [0.3, 0.4) is 0 Å². The molecule has 0 fully saturated rings. The molecule has 0 spiro atoms. The molecule has 3 nitrogen and oxygen atoms in total. The van der Waals surface area contributed by atoms with Gasteiger partial charge in [-0.05, 0) is 22.0 Å². The van der Waals surface area contributed by atoms with Crippen LogP contribution >= 0.6 is 15.9 Å². The Kier molecular flexibility index (Phi) is 4.58. The summed E-state index contributed by atoms with van der Waals surface area (Å²) in [6.45, 7) is 0. The second-order valence-electron chi connectivity index (χ2n) is 4.10. The lowest BCUT2D eigenvalue weighted by molar-refractivity contribution is -0.117. The van der Waals surface area contributed by atoms with Crippen LogP contribution in [0, 0.1) is 0 Å². The number of halogens is 1. The SMILES string of the molecule is NC(=O)Cc1ccccc1OC(Br)c1ccccc1. The predicted octanol–water partition coefficient (Wildman–Crippen LogP) is 3.19. The summed E-state index contributed by atoms with van der Waals surface area (Å²) in [5.41, 5.74) is 7.03. The van der Waals surface area contributed by atoms with E-state index in [9.17, 15) is 4.79 Å². The van der Waals surface area contributed by atoms with E-state index in [1.165, 1.54) is 0 Å². The molecule has 2 aromatic rings. The molecule has 19 heavy (non-hydrogen) atoms. The van der Waals surface area contributed by atoms with Crippen molar-refractivity contribution in [2.24, 2.45) is 5.73 Å². The number of benzene rings is 2. The summed E-state index contributed by atoms with van der Waals surface area (Å²) in [6, 6.07) is 17.2. The highest BCUT2D eigenvalue weighted by Crippen LogP contribution is 2.29. The number of amides is 1. The predicted molar refractivity (Wildman–Crippen MR) is 78.1 cm³/mol. The monoisotopic (exact) mass is 319 g/mol. The first kappa shape index (κ1) is 13.6. The van der Waals surface area contributed by atoms with Crippen molar-refractivity contribution in [1.82, 2.24) is 0 Å². The molecule has 0 saturated carbocycles. The number of ether oxygens (including phenoxy) is 1. The van der Waals surface area contributed by atoms with Gasteiger partial charge in [0, 0.05) is 11.1 Å². The first-order valence-electron chi connectivity index (χ1n) is 5.88. The zero-order chi connectivity index (χ0) is 13.7. The van der Waals surface area contributed by atoms with E-state index in [1.807, 2.05) is 54.6 Å². The maximum Gasteiger partial charge on any atom is 0.221 e. The number of hydrogen-bond donors (Lipinski definition) is 1. The van der Waals surface area contributed by atoms with Crippen LogP contribution in [0.15, 0.2) is 54.6 Å². The molecule has 1 unspecified atom stereocenters. The summed E-state index contributed by atoms with van der Waals surface area (Å²) < 4.78 is 5.84. The summed E-state index contributed by atoms with van der Waals surface area (Å²) in [5.74, 6) is 0.286. The molecule has 98 valence electrons. The van der Waals surface area contributed by atoms with E-state index in [0.717, 1.165) is 11.1 Å². The number of alkyl halides is 1. The minimum absolute atomic E-state index is 0.171. The maximum absolute atomic E-state index is 11.0. The highest BCUT2D eigenvalue weighted by Gasteiger charge is 2.12. The quantitative estimate of drug-likeness (QED) is 0.860. The molecule has 0 radical (unpaired) electrons. The zero-order valence-electron chi connectivity index (χ0n) is 10.3. The second kappa shape index (κ2) is 6.38. The standard InChI is InChI=1S/C15H14BrNO2/c16-15(11-6-2-1-3-7-11)19-13-9-5-4-8-12(13)10-14(17)18/h1-9,15H,10H2,(H2,17,18). The van der Waals surface area contributed by atoms with Crippen LogP contribution < -0.4 is 10.5 Å². The van der Waals surface area contributed by atoms with Crippen LogP contribution in [0.5, 0.6) is 5.75 Å². The lowest BCUT2D eigenvalue weighted by atomic mass is 10.1. The van der Waals surface area contributed by atoms with Gasteiger partial charge < -0.3 is 10.5 Å². The van der Waals surface area contributed by atoms with Gasteiger partial charge in [0.15, 0.2) is 5.01 Å². The summed E-state index contributed by atoms with van der Waals surface area (Å²) in [6.07, 6.45) is 0.171. The fourth-order valence-electron chi connectivity index (χ4n) is 1.74. The fraction of sp³-hybridized carbons (Fsp3) is 0.133. The molecule has 0 aliphatic heterocycles. The van der Waals surface area contributed by atoms with Crippen LogP contribution in [0.25, 0.3) is 0 Å². The Morgan fingerprint density at radius 1 is 1.11 bits per heavy atom. The van der Waals surface area contributed by atoms with Gasteiger partial charge in [0.2, 0.25) is 5.91 Å². The normalized spacial score (nSPS) is 11.8. The molecule has 2 rings (SSSR count). The van der Waals surface area contributed by atoms with Gasteiger partial charge in [-0.3, -0.25) is 4.79 Å². The van der Waals surface area contributed by atoms with E-state index >= 15 is 0 Å². The number of primary amides is 1. The van der Waals surface area contributed by atoms with Gasteiger partial charge in [0.1, 0.15) is 5.75 Å². The maximum atomic E-state index is 11.0. The smallest absolute Gasteiger partial charge is 0.221 e. The third kappa shape index (κ3) is 3.83. The summed E-state index contributed by atoms with van der Waals surface area (Å²) in [7, 11) is 0. The van der Waals surface area contributed by atoms with Crippen molar-refractivity contribution in [3.8, 4) is 5.75 Å². The molecular formula is C15H14BrNO2. The summed E-state index contributed by atoms with van der Waals surface area (Å²) >= 11 is 3.48. The van der Waals surface area contributed by atoms with Crippen molar-refractivity contribution in [3.05, 3.63) is 65.7 Å². The molecule has 0 aliphatic carbocycles. The number of hydrogen-bond acceptors (Lipinski definition) is 2. The average molecular weight is 320 g/mol. The molecule has 2 N–H and O–H groups in total. The molecule has 0 saturated heterocycles. The summed E-state index contributed by atoms with van der Waals surface area (Å²) in [4.78, 5) is 11.0. The average Bonchev–Trinajstić information content (AvgIpc) is 2.41. The lowest BCUT2D eigenvalue weighted by Crippen LogP contribution is -2.14. The topological polar surface area (TPSA) is 52.3 Å². The van der Waals surface area contributed by atoms with Gasteiger partial charge in [-0.25, -0.2) is 0 Å². The number of para-hydroxylation sites is 1. The van der Waals surface area contributed by atoms with Crippen LogP contribution in [0.1, 0.15) is 16.1 Å². The Morgan fingerprint density at radius 3 is 2.42 bits per heavy atom. The van der Waals surface area contributed by atoms with Crippen molar-refractivity contribution >= 4 is 21.8 Å². The molecule has 1 atom stereocenters. The van der Waals surface area contributed by atoms with Crippen molar-refractivity contribution < 1.29 is 9.53 Å². The van der Waals surface area contributed by atoms with Crippen molar-refractivity contribution in [3.63, 3.8) is 0 Å². The Bertz CT molecular complexity index is 557. The molecule has 0 aliphatic rings. The number of nitrogens with two attached hydrogens (primary N) is 1. The van der Waals surface area contributed by atoms with Gasteiger partial charge in [-0.1, -0.05) is 48.5 Å². The van der Waals surface area contributed by atoms with Crippen LogP contribution in [-0.4, -0.2) is 5.91 Å². The molecule has 4 heteroatoms. The highest BCUT2D eigenvalue weighted by molar-refractivity contribution is 9.09. The Hall–Kier alpha value is -1.81. The minimum Gasteiger partial charge on any atom is -0.474 e. The second-order valence-corrected chi connectivity index (χ2v) is 4.93. The van der Waals surface area contributed by atoms with E-state index in [1.54, 1.807) is 0 Å². The molecule has 1 amide bonds. The van der Waals surface area contributed by atoms with Crippen LogP contribution in [0.4, 0.5) is 0 Å². The lowest BCUT2D eigenvalue weighted by Gasteiger charge is -2.16. The van der Waals surface area contributed by atoms with E-state index in [4.69, 9.17) is 10.5 Å². The highest BCUT2D eigenvalue weighted by atomic mass is 79.9. The Balaban J connectivity index is 2.17. The first-order chi connectivity index (χ1) is 9.16. The molecule has 0 heterocycles. The fourth-order valence-corrected chi connectivity index (χ4v) is 2.24. The van der Waals surface area contributed by atoms with Gasteiger partial charge in [0.05, 0.1) is 6.42 Å². The van der Waals surface area contributed by atoms with E-state index in [-0.39, 0.29) is 17.3 Å². The van der Waals surface area contributed by atoms with Gasteiger partial charge in [-0.2, -0.15) is 0 Å². The van der Waals surface area contributed by atoms with Gasteiger partial charge in [0.25, 0.3) is 0 Å². The third-order valence-corrected chi connectivity index (χ3v) is 3.34. The van der Waals surface area contributed by atoms with E-state index in [2.05, 4.69) is 15.9 Å². The van der Waals surface area contributed by atoms with E-state index < -0.39 is 0 Å². The molecular weight excluding hydrogens is 306 g/mol. The van der Waals surface area contributed by atoms with Crippen molar-refractivity contribution in [2.75, 3.05) is 0 Å². The first-order valence-corrected chi connectivity index (χ1v) is 6.80. The van der Waals surface area contributed by atoms with Crippen LogP contribution in [-0.2, 0) is 11.2 Å². The van der Waals surface area contributed by atoms with Crippen LogP contribution in [0.2, 0.25) is 0 Å². The largest absolute Gasteiger partial charge is 0.474 e. The number of carbonyl (C=O) groups excluding carboxylic acids is 1. The molecule has 0 aromatic heterocycles. The summed E-state index contributed by atoms with van der Waals surface area (Å²) in [5, 5.41) is -0.261. The zero-order valence-corrected chi connectivity index (χ0v) is 11.8. The van der Waals surface area contributed by atoms with E-state index in [0.29, 0.717) is 5.75 Å². The van der Waals surface area contributed by atoms with Crippen molar-refractivity contribution in [2.45, 2.75) is 11.4 Å². The Labute approximate surface area is 120 Å². The van der Waals surface area contributed by atoms with Gasteiger partial charge in [-0.15, -0.1) is 0 Å². The molecule has 2 aromatic carbocycles.